The van der Waals surface area contributed by atoms with E-state index in [0.29, 0.717) is 5.75 Å². The second-order valence-corrected chi connectivity index (χ2v) is 5.08. The molecule has 4 heteroatoms. The average molecular weight is 304 g/mol. The van der Waals surface area contributed by atoms with E-state index in [9.17, 15) is 9.90 Å². The highest BCUT2D eigenvalue weighted by Gasteiger charge is 2.15. The normalized spacial score (nSPS) is 9.91. The van der Waals surface area contributed by atoms with Gasteiger partial charge in [0.15, 0.2) is 0 Å². The van der Waals surface area contributed by atoms with Crippen molar-refractivity contribution in [1.29, 1.82) is 0 Å². The largest absolute Gasteiger partial charge is 0.496 e. The van der Waals surface area contributed by atoms with Crippen LogP contribution in [0.15, 0.2) is 18.2 Å². The summed E-state index contributed by atoms with van der Waals surface area (Å²) in [5.74, 6) is 5.03. The Morgan fingerprint density at radius 1 is 1.14 bits per heavy atom. The van der Waals surface area contributed by atoms with E-state index in [4.69, 9.17) is 9.84 Å². The summed E-state index contributed by atoms with van der Waals surface area (Å²) in [5, 5.41) is 17.8. The molecule has 120 valence electrons. The Kier molecular flexibility index (Phi) is 8.78. The van der Waals surface area contributed by atoms with Crippen molar-refractivity contribution in [1.82, 2.24) is 0 Å². The fourth-order valence-corrected chi connectivity index (χ4v) is 2.40. The molecule has 0 saturated heterocycles. The van der Waals surface area contributed by atoms with Crippen LogP contribution >= 0.6 is 0 Å². The molecule has 0 aliphatic carbocycles. The molecule has 0 radical (unpaired) electrons. The van der Waals surface area contributed by atoms with Crippen molar-refractivity contribution in [3.05, 3.63) is 29.3 Å². The maximum Gasteiger partial charge on any atom is 0.339 e. The van der Waals surface area contributed by atoms with Gasteiger partial charge in [-0.15, -0.1) is 5.92 Å². The average Bonchev–Trinajstić information content (AvgIpc) is 2.52. The lowest BCUT2D eigenvalue weighted by Gasteiger charge is -2.10. The number of aliphatic hydroxyl groups excluding tert-OH is 1. The van der Waals surface area contributed by atoms with E-state index in [1.165, 1.54) is 7.11 Å². The number of carboxylic acids is 1. The second-order valence-electron chi connectivity index (χ2n) is 5.08. The Labute approximate surface area is 132 Å². The summed E-state index contributed by atoms with van der Waals surface area (Å²) in [5.41, 5.74) is 1.12. The monoisotopic (exact) mass is 304 g/mol. The van der Waals surface area contributed by atoms with E-state index >= 15 is 0 Å². The van der Waals surface area contributed by atoms with Crippen LogP contribution in [0.3, 0.4) is 0 Å². The number of carbonyl (C=O) groups is 1. The van der Waals surface area contributed by atoms with Gasteiger partial charge in [0, 0.05) is 6.42 Å². The molecule has 0 aliphatic rings. The van der Waals surface area contributed by atoms with Gasteiger partial charge in [-0.3, -0.25) is 0 Å². The summed E-state index contributed by atoms with van der Waals surface area (Å²) in [6, 6.07) is 5.37. The van der Waals surface area contributed by atoms with Gasteiger partial charge in [-0.25, -0.2) is 4.79 Å². The molecule has 4 nitrogen and oxygen atoms in total. The number of hydrogen-bond acceptors (Lipinski definition) is 3. The zero-order valence-corrected chi connectivity index (χ0v) is 13.1. The second kappa shape index (κ2) is 10.7. The number of hydrogen-bond donors (Lipinski definition) is 2. The first-order chi connectivity index (χ1) is 10.7. The number of unbranched alkanes of at least 4 members (excludes halogenated alkanes) is 5. The standard InChI is InChI=1S/C18H24O4/c1-22-16-13-10-12-15(17(16)18(20)21)11-8-6-4-2-3-5-7-9-14-19/h10,12-13,19H,2-6,8,11,14H2,1H3,(H,20,21). The maximum absolute atomic E-state index is 11.4. The minimum absolute atomic E-state index is 0.0630. The van der Waals surface area contributed by atoms with Crippen LogP contribution in [0, 0.1) is 11.8 Å². The topological polar surface area (TPSA) is 66.8 Å². The molecule has 0 aliphatic heterocycles. The summed E-state index contributed by atoms with van der Waals surface area (Å²) in [4.78, 5) is 11.4. The van der Waals surface area contributed by atoms with E-state index in [1.807, 2.05) is 12.1 Å². The molecule has 0 fully saturated rings. The summed E-state index contributed by atoms with van der Waals surface area (Å²) >= 11 is 0. The van der Waals surface area contributed by atoms with E-state index in [2.05, 4.69) is 11.8 Å². The van der Waals surface area contributed by atoms with Gasteiger partial charge in [0.2, 0.25) is 0 Å². The van der Waals surface area contributed by atoms with E-state index < -0.39 is 5.97 Å². The fraction of sp³-hybridized carbons (Fsp3) is 0.500. The lowest BCUT2D eigenvalue weighted by Crippen LogP contribution is -2.05. The summed E-state index contributed by atoms with van der Waals surface area (Å²) in [7, 11) is 1.49. The van der Waals surface area contributed by atoms with Gasteiger partial charge in [0.05, 0.1) is 7.11 Å². The van der Waals surface area contributed by atoms with Crippen LogP contribution in [0.25, 0.3) is 0 Å². The van der Waals surface area contributed by atoms with Gasteiger partial charge < -0.3 is 14.9 Å². The quantitative estimate of drug-likeness (QED) is 0.543. The number of aryl methyl sites for hydroxylation is 1. The number of methoxy groups -OCH3 is 1. The minimum Gasteiger partial charge on any atom is -0.496 e. The van der Waals surface area contributed by atoms with E-state index in [1.54, 1.807) is 6.07 Å². The number of ether oxygens (including phenoxy) is 1. The van der Waals surface area contributed by atoms with Gasteiger partial charge in [-0.05, 0) is 30.9 Å². The number of aliphatic hydroxyl groups is 1. The van der Waals surface area contributed by atoms with Gasteiger partial charge in [-0.1, -0.05) is 37.3 Å². The number of carboxylic acid groups (broad SMARTS) is 1. The molecular weight excluding hydrogens is 280 g/mol. The lowest BCUT2D eigenvalue weighted by atomic mass is 9.99. The van der Waals surface area contributed by atoms with Gasteiger partial charge in [0.1, 0.15) is 17.9 Å². The van der Waals surface area contributed by atoms with Gasteiger partial charge >= 0.3 is 5.97 Å². The Morgan fingerprint density at radius 2 is 1.86 bits per heavy atom. The van der Waals surface area contributed by atoms with Crippen molar-refractivity contribution in [3.63, 3.8) is 0 Å². The molecule has 0 atom stereocenters. The molecule has 0 bridgehead atoms. The van der Waals surface area contributed by atoms with Crippen LogP contribution in [-0.2, 0) is 6.42 Å². The van der Waals surface area contributed by atoms with Crippen LogP contribution in [0.1, 0.15) is 54.4 Å². The van der Waals surface area contributed by atoms with Crippen molar-refractivity contribution in [2.75, 3.05) is 13.7 Å². The molecule has 1 rings (SSSR count). The van der Waals surface area contributed by atoms with Crippen molar-refractivity contribution < 1.29 is 19.7 Å². The smallest absolute Gasteiger partial charge is 0.339 e. The van der Waals surface area contributed by atoms with Crippen LogP contribution < -0.4 is 4.74 Å². The highest BCUT2D eigenvalue weighted by atomic mass is 16.5. The Hall–Kier alpha value is -1.99. The van der Waals surface area contributed by atoms with Crippen LogP contribution in [0.2, 0.25) is 0 Å². The molecule has 2 N–H and O–H groups in total. The lowest BCUT2D eigenvalue weighted by molar-refractivity contribution is 0.0692. The third kappa shape index (κ3) is 6.19. The predicted molar refractivity (Wildman–Crippen MR) is 86.2 cm³/mol. The Morgan fingerprint density at radius 3 is 2.55 bits per heavy atom. The summed E-state index contributed by atoms with van der Waals surface area (Å²) in [6.45, 7) is -0.0630. The van der Waals surface area contributed by atoms with Crippen molar-refractivity contribution in [2.45, 2.75) is 44.9 Å². The zero-order chi connectivity index (χ0) is 16.2. The molecule has 0 saturated carbocycles. The third-order valence-corrected chi connectivity index (χ3v) is 3.50. The summed E-state index contributed by atoms with van der Waals surface area (Å²) in [6.07, 6.45) is 6.91. The Bertz CT molecular complexity index is 526. The molecule has 0 unspecified atom stereocenters. The maximum atomic E-state index is 11.4. The minimum atomic E-state index is -0.935. The number of benzene rings is 1. The molecule has 0 spiro atoms. The predicted octanol–water partition coefficient (Wildman–Crippen LogP) is 3.27. The van der Waals surface area contributed by atoms with Gasteiger partial charge in [0.25, 0.3) is 0 Å². The first kappa shape index (κ1) is 18.1. The molecule has 22 heavy (non-hydrogen) atoms. The third-order valence-electron chi connectivity index (χ3n) is 3.50. The molecule has 0 amide bonds. The molecule has 1 aromatic rings. The Balaban J connectivity index is 2.35. The number of rotatable bonds is 9. The van der Waals surface area contributed by atoms with Crippen molar-refractivity contribution in [3.8, 4) is 17.6 Å². The van der Waals surface area contributed by atoms with Crippen LogP contribution in [0.4, 0.5) is 0 Å². The zero-order valence-electron chi connectivity index (χ0n) is 13.1. The first-order valence-corrected chi connectivity index (χ1v) is 7.66. The SMILES string of the molecule is COc1cccc(CCCCCCCC#CCO)c1C(=O)O. The van der Waals surface area contributed by atoms with E-state index in [0.717, 1.165) is 50.5 Å². The fourth-order valence-electron chi connectivity index (χ4n) is 2.40. The molecular formula is C18H24O4. The van der Waals surface area contributed by atoms with Crippen molar-refractivity contribution in [2.24, 2.45) is 0 Å². The molecule has 1 aromatic carbocycles. The highest BCUT2D eigenvalue weighted by Crippen LogP contribution is 2.24. The van der Waals surface area contributed by atoms with Crippen LogP contribution in [-0.4, -0.2) is 29.9 Å². The van der Waals surface area contributed by atoms with Gasteiger partial charge in [-0.2, -0.15) is 0 Å². The molecule has 0 aromatic heterocycles. The summed E-state index contributed by atoms with van der Waals surface area (Å²) < 4.78 is 5.13. The van der Waals surface area contributed by atoms with E-state index in [-0.39, 0.29) is 12.2 Å². The van der Waals surface area contributed by atoms with Crippen LogP contribution in [0.5, 0.6) is 5.75 Å². The number of aromatic carboxylic acids is 1. The first-order valence-electron chi connectivity index (χ1n) is 7.66. The molecule has 0 heterocycles. The highest BCUT2D eigenvalue weighted by molar-refractivity contribution is 5.92. The van der Waals surface area contributed by atoms with Crippen molar-refractivity contribution >= 4 is 5.97 Å².